The molecule has 0 aliphatic carbocycles. The SMILES string of the molecule is C=CCOc1cc(-c2cc(=O)c3c(OCC=C)cc(OCC(O)CO)cc3o2)ccc1OC. The van der Waals surface area contributed by atoms with Crippen LogP contribution in [0.5, 0.6) is 23.0 Å². The van der Waals surface area contributed by atoms with Gasteiger partial charge in [-0.1, -0.05) is 25.3 Å². The highest BCUT2D eigenvalue weighted by molar-refractivity contribution is 5.86. The fraction of sp³-hybridized carbons (Fsp3) is 0.240. The molecule has 8 heteroatoms. The van der Waals surface area contributed by atoms with E-state index in [1.165, 1.54) is 25.3 Å². The van der Waals surface area contributed by atoms with E-state index < -0.39 is 12.7 Å². The molecule has 0 aliphatic rings. The smallest absolute Gasteiger partial charge is 0.197 e. The van der Waals surface area contributed by atoms with Crippen LogP contribution in [0.25, 0.3) is 22.3 Å². The quantitative estimate of drug-likeness (QED) is 0.401. The van der Waals surface area contributed by atoms with Gasteiger partial charge in [-0.15, -0.1) is 0 Å². The Morgan fingerprint density at radius 3 is 2.39 bits per heavy atom. The van der Waals surface area contributed by atoms with Crippen molar-refractivity contribution in [1.29, 1.82) is 0 Å². The number of ether oxygens (including phenoxy) is 4. The van der Waals surface area contributed by atoms with Crippen molar-refractivity contribution in [2.45, 2.75) is 6.10 Å². The van der Waals surface area contributed by atoms with Crippen LogP contribution in [-0.2, 0) is 0 Å². The van der Waals surface area contributed by atoms with Crippen molar-refractivity contribution in [1.82, 2.24) is 0 Å². The van der Waals surface area contributed by atoms with E-state index in [0.717, 1.165) is 0 Å². The first-order chi connectivity index (χ1) is 16.0. The molecule has 0 amide bonds. The van der Waals surface area contributed by atoms with E-state index in [1.54, 1.807) is 30.4 Å². The van der Waals surface area contributed by atoms with Gasteiger partial charge in [-0.3, -0.25) is 4.79 Å². The zero-order chi connectivity index (χ0) is 23.8. The molecule has 1 atom stereocenters. The third-order valence-corrected chi connectivity index (χ3v) is 4.58. The Kier molecular flexibility index (Phi) is 8.12. The molecule has 2 N–H and O–H groups in total. The van der Waals surface area contributed by atoms with E-state index in [2.05, 4.69) is 13.2 Å². The van der Waals surface area contributed by atoms with E-state index in [0.29, 0.717) is 28.6 Å². The monoisotopic (exact) mass is 454 g/mol. The Morgan fingerprint density at radius 2 is 1.73 bits per heavy atom. The molecule has 33 heavy (non-hydrogen) atoms. The molecule has 0 radical (unpaired) electrons. The summed E-state index contributed by atoms with van der Waals surface area (Å²) in [6.07, 6.45) is 2.11. The highest BCUT2D eigenvalue weighted by Crippen LogP contribution is 2.35. The zero-order valence-electron chi connectivity index (χ0n) is 18.3. The molecular weight excluding hydrogens is 428 g/mol. The molecule has 3 rings (SSSR count). The first kappa shape index (κ1) is 23.9. The summed E-state index contributed by atoms with van der Waals surface area (Å²) in [5, 5.41) is 18.8. The highest BCUT2D eigenvalue weighted by atomic mass is 16.5. The van der Waals surface area contributed by atoms with Gasteiger partial charge in [0.05, 0.1) is 13.7 Å². The van der Waals surface area contributed by atoms with Crippen LogP contribution in [0, 0.1) is 0 Å². The summed E-state index contributed by atoms with van der Waals surface area (Å²) >= 11 is 0. The van der Waals surface area contributed by atoms with Gasteiger partial charge in [0.25, 0.3) is 0 Å². The second-order valence-electron chi connectivity index (χ2n) is 6.98. The fourth-order valence-corrected chi connectivity index (χ4v) is 3.05. The average Bonchev–Trinajstić information content (AvgIpc) is 2.83. The number of hydrogen-bond donors (Lipinski definition) is 2. The highest BCUT2D eigenvalue weighted by Gasteiger charge is 2.16. The number of aliphatic hydroxyl groups excluding tert-OH is 2. The van der Waals surface area contributed by atoms with Gasteiger partial charge in [-0.2, -0.15) is 0 Å². The van der Waals surface area contributed by atoms with Gasteiger partial charge >= 0.3 is 0 Å². The summed E-state index contributed by atoms with van der Waals surface area (Å²) in [7, 11) is 1.53. The molecule has 0 bridgehead atoms. The van der Waals surface area contributed by atoms with Crippen LogP contribution in [0.4, 0.5) is 0 Å². The molecule has 0 fully saturated rings. The third-order valence-electron chi connectivity index (χ3n) is 4.58. The first-order valence-electron chi connectivity index (χ1n) is 10.2. The summed E-state index contributed by atoms with van der Waals surface area (Å²) in [4.78, 5) is 13.0. The van der Waals surface area contributed by atoms with E-state index in [4.69, 9.17) is 28.5 Å². The Labute approximate surface area is 190 Å². The largest absolute Gasteiger partial charge is 0.493 e. The third kappa shape index (κ3) is 5.74. The predicted molar refractivity (Wildman–Crippen MR) is 124 cm³/mol. The summed E-state index contributed by atoms with van der Waals surface area (Å²) < 4.78 is 28.2. The van der Waals surface area contributed by atoms with Gasteiger partial charge in [0, 0.05) is 23.8 Å². The molecule has 0 spiro atoms. The van der Waals surface area contributed by atoms with Gasteiger partial charge in [0.1, 0.15) is 54.2 Å². The molecule has 1 heterocycles. The maximum atomic E-state index is 13.0. The summed E-state index contributed by atoms with van der Waals surface area (Å²) in [5.41, 5.74) is 0.526. The van der Waals surface area contributed by atoms with E-state index in [9.17, 15) is 9.90 Å². The molecule has 3 aromatic rings. The van der Waals surface area contributed by atoms with Gasteiger partial charge in [-0.25, -0.2) is 0 Å². The lowest BCUT2D eigenvalue weighted by molar-refractivity contribution is 0.0535. The molecule has 1 aromatic heterocycles. The number of rotatable bonds is 12. The Morgan fingerprint density at radius 1 is 1.00 bits per heavy atom. The Bertz CT molecular complexity index is 1180. The fourth-order valence-electron chi connectivity index (χ4n) is 3.05. The summed E-state index contributed by atoms with van der Waals surface area (Å²) in [5.74, 6) is 1.87. The van der Waals surface area contributed by atoms with Crippen LogP contribution in [0.15, 0.2) is 70.9 Å². The van der Waals surface area contributed by atoms with Crippen molar-refractivity contribution in [2.24, 2.45) is 0 Å². The normalized spacial score (nSPS) is 11.6. The van der Waals surface area contributed by atoms with Crippen molar-refractivity contribution < 1.29 is 33.6 Å². The van der Waals surface area contributed by atoms with E-state index in [1.807, 2.05) is 0 Å². The molecule has 8 nitrogen and oxygen atoms in total. The van der Waals surface area contributed by atoms with Crippen LogP contribution >= 0.6 is 0 Å². The summed E-state index contributed by atoms with van der Waals surface area (Å²) in [6.45, 7) is 7.13. The molecule has 0 aliphatic heterocycles. The minimum absolute atomic E-state index is 0.144. The minimum atomic E-state index is -1.05. The second-order valence-corrected chi connectivity index (χ2v) is 6.98. The van der Waals surface area contributed by atoms with Gasteiger partial charge in [0.2, 0.25) is 0 Å². The first-order valence-corrected chi connectivity index (χ1v) is 10.2. The topological polar surface area (TPSA) is 108 Å². The molecule has 2 aromatic carbocycles. The molecule has 174 valence electrons. The van der Waals surface area contributed by atoms with Crippen LogP contribution in [0.2, 0.25) is 0 Å². The second kappa shape index (κ2) is 11.2. The number of fused-ring (bicyclic) bond motifs is 1. The maximum Gasteiger partial charge on any atom is 0.197 e. The van der Waals surface area contributed by atoms with Crippen LogP contribution in [0.3, 0.4) is 0 Å². The number of hydrogen-bond acceptors (Lipinski definition) is 8. The molecule has 0 saturated heterocycles. The maximum absolute atomic E-state index is 13.0. The average molecular weight is 454 g/mol. The summed E-state index contributed by atoms with van der Waals surface area (Å²) in [6, 6.07) is 9.60. The molecule has 1 unspecified atom stereocenters. The molecular formula is C25H26O8. The number of methoxy groups -OCH3 is 1. The Hall–Kier alpha value is -3.75. The van der Waals surface area contributed by atoms with E-state index in [-0.39, 0.29) is 42.0 Å². The molecule has 0 saturated carbocycles. The number of aliphatic hydroxyl groups is 2. The van der Waals surface area contributed by atoms with Gasteiger partial charge in [-0.05, 0) is 18.2 Å². The van der Waals surface area contributed by atoms with Crippen molar-refractivity contribution in [3.63, 3.8) is 0 Å². The zero-order valence-corrected chi connectivity index (χ0v) is 18.3. The van der Waals surface area contributed by atoms with Crippen molar-refractivity contribution >= 4 is 11.0 Å². The van der Waals surface area contributed by atoms with Gasteiger partial charge in [0.15, 0.2) is 16.9 Å². The van der Waals surface area contributed by atoms with Crippen LogP contribution < -0.4 is 24.4 Å². The lowest BCUT2D eigenvalue weighted by Gasteiger charge is -2.14. The Balaban J connectivity index is 2.10. The standard InChI is InChI=1S/C25H26O8/c1-4-8-30-22-10-16(6-7-20(22)29-3)21-13-19(28)25-23(31-9-5-2)11-18(12-24(25)33-21)32-15-17(27)14-26/h4-7,10-13,17,26-27H,1-2,8-9,14-15H2,3H3. The van der Waals surface area contributed by atoms with Crippen molar-refractivity contribution in [2.75, 3.05) is 33.5 Å². The lowest BCUT2D eigenvalue weighted by Crippen LogP contribution is -2.21. The van der Waals surface area contributed by atoms with Crippen molar-refractivity contribution in [3.8, 4) is 34.3 Å². The van der Waals surface area contributed by atoms with E-state index >= 15 is 0 Å². The lowest BCUT2D eigenvalue weighted by atomic mass is 10.1. The number of benzene rings is 2. The van der Waals surface area contributed by atoms with Crippen LogP contribution in [0.1, 0.15) is 0 Å². The van der Waals surface area contributed by atoms with Crippen molar-refractivity contribution in [3.05, 3.63) is 71.9 Å². The van der Waals surface area contributed by atoms with Crippen LogP contribution in [-0.4, -0.2) is 49.9 Å². The minimum Gasteiger partial charge on any atom is -0.493 e. The van der Waals surface area contributed by atoms with Gasteiger partial charge < -0.3 is 33.6 Å². The predicted octanol–water partition coefficient (Wildman–Crippen LogP) is 3.33.